The molecule has 0 spiro atoms. The predicted octanol–water partition coefficient (Wildman–Crippen LogP) is -1.65. The zero-order valence-corrected chi connectivity index (χ0v) is 18.5. The number of benzene rings is 1. The summed E-state index contributed by atoms with van der Waals surface area (Å²) >= 11 is 0. The van der Waals surface area contributed by atoms with Crippen LogP contribution in [0, 0.1) is 5.92 Å². The summed E-state index contributed by atoms with van der Waals surface area (Å²) < 4.78 is 0. The van der Waals surface area contributed by atoms with Gasteiger partial charge in [-0.1, -0.05) is 26.0 Å². The first-order valence-electron chi connectivity index (χ1n) is 10.3. The highest BCUT2D eigenvalue weighted by Gasteiger charge is 2.30. The average Bonchev–Trinajstić information content (AvgIpc) is 2.72. The molecule has 1 aromatic carbocycles. The first-order valence-corrected chi connectivity index (χ1v) is 10.3. The van der Waals surface area contributed by atoms with Gasteiger partial charge in [-0.15, -0.1) is 0 Å². The number of carbonyl (C=O) groups is 5. The van der Waals surface area contributed by atoms with Crippen molar-refractivity contribution in [3.8, 4) is 5.75 Å². The number of aliphatic carboxylic acids is 1. The van der Waals surface area contributed by atoms with Crippen LogP contribution in [-0.4, -0.2) is 64.5 Å². The molecule has 0 aromatic heterocycles. The molecule has 12 heteroatoms. The number of rotatable bonds is 13. The van der Waals surface area contributed by atoms with E-state index in [2.05, 4.69) is 16.0 Å². The molecule has 1 rings (SSSR count). The molecule has 33 heavy (non-hydrogen) atoms. The maximum Gasteiger partial charge on any atom is 0.326 e. The normalized spacial score (nSPS) is 13.5. The molecule has 0 fully saturated rings. The molecule has 4 amide bonds. The second-order valence-electron chi connectivity index (χ2n) is 7.96. The average molecular weight is 466 g/mol. The van der Waals surface area contributed by atoms with E-state index >= 15 is 0 Å². The lowest BCUT2D eigenvalue weighted by Crippen LogP contribution is -2.57. The minimum Gasteiger partial charge on any atom is -0.508 e. The topological polar surface area (TPSA) is 214 Å². The van der Waals surface area contributed by atoms with Crippen LogP contribution in [0.15, 0.2) is 24.3 Å². The Morgan fingerprint density at radius 1 is 0.909 bits per heavy atom. The van der Waals surface area contributed by atoms with Crippen molar-refractivity contribution in [1.29, 1.82) is 0 Å². The predicted molar refractivity (Wildman–Crippen MR) is 118 cm³/mol. The van der Waals surface area contributed by atoms with Gasteiger partial charge >= 0.3 is 5.97 Å². The third-order valence-corrected chi connectivity index (χ3v) is 4.57. The molecular formula is C21H31N5O7. The van der Waals surface area contributed by atoms with E-state index in [-0.39, 0.29) is 31.1 Å². The molecule has 3 unspecified atom stereocenters. The lowest BCUT2D eigenvalue weighted by atomic mass is 10.0. The number of phenolic OH excluding ortho intramolecular Hbond substituents is 1. The fraction of sp³-hybridized carbons (Fsp3) is 0.476. The number of phenols is 1. The highest BCUT2D eigenvalue weighted by atomic mass is 16.4. The van der Waals surface area contributed by atoms with Crippen LogP contribution in [-0.2, 0) is 30.4 Å². The van der Waals surface area contributed by atoms with Crippen LogP contribution in [0.5, 0.6) is 5.75 Å². The number of hydrogen-bond acceptors (Lipinski definition) is 7. The first kappa shape index (κ1) is 27.4. The zero-order valence-electron chi connectivity index (χ0n) is 18.5. The summed E-state index contributed by atoms with van der Waals surface area (Å²) in [5.74, 6) is -4.45. The Bertz CT molecular complexity index is 857. The van der Waals surface area contributed by atoms with E-state index in [1.165, 1.54) is 24.3 Å². The van der Waals surface area contributed by atoms with Gasteiger partial charge in [0.15, 0.2) is 0 Å². The fourth-order valence-electron chi connectivity index (χ4n) is 2.98. The molecule has 9 N–H and O–H groups in total. The van der Waals surface area contributed by atoms with Crippen molar-refractivity contribution in [3.63, 3.8) is 0 Å². The Morgan fingerprint density at radius 2 is 1.45 bits per heavy atom. The van der Waals surface area contributed by atoms with Gasteiger partial charge < -0.3 is 37.6 Å². The van der Waals surface area contributed by atoms with Crippen LogP contribution in [0.25, 0.3) is 0 Å². The van der Waals surface area contributed by atoms with Gasteiger partial charge in [0, 0.05) is 6.42 Å². The van der Waals surface area contributed by atoms with Gasteiger partial charge in [-0.25, -0.2) is 4.79 Å². The molecule has 0 saturated heterocycles. The minimum absolute atomic E-state index is 0.00215. The second kappa shape index (κ2) is 13.0. The van der Waals surface area contributed by atoms with Crippen molar-refractivity contribution in [1.82, 2.24) is 16.0 Å². The Morgan fingerprint density at radius 3 is 1.94 bits per heavy atom. The smallest absolute Gasteiger partial charge is 0.326 e. The first-order chi connectivity index (χ1) is 15.4. The number of aromatic hydroxyl groups is 1. The van der Waals surface area contributed by atoms with E-state index in [4.69, 9.17) is 11.5 Å². The molecule has 0 heterocycles. The van der Waals surface area contributed by atoms with Gasteiger partial charge in [-0.05, 0) is 30.0 Å². The maximum absolute atomic E-state index is 12.9. The highest BCUT2D eigenvalue weighted by Crippen LogP contribution is 2.12. The second-order valence-corrected chi connectivity index (χ2v) is 7.96. The van der Waals surface area contributed by atoms with Crippen molar-refractivity contribution < 1.29 is 34.2 Å². The number of carbonyl (C=O) groups excluding carboxylic acids is 4. The summed E-state index contributed by atoms with van der Waals surface area (Å²) in [6.45, 7) is 3.36. The standard InChI is InChI=1S/C21H31N5O7/c1-11(2)7-14(24-18(29)10-22)19(30)25-15(8-12-3-5-13(27)6-4-12)20(31)26-16(21(32)33)9-17(23)28/h3-6,11,14-16,27H,7-10,22H2,1-2H3,(H2,23,28)(H,24,29)(H,25,30)(H,26,31)(H,32,33). The van der Waals surface area contributed by atoms with Crippen molar-refractivity contribution in [2.75, 3.05) is 6.54 Å². The van der Waals surface area contributed by atoms with Gasteiger partial charge in [0.05, 0.1) is 13.0 Å². The van der Waals surface area contributed by atoms with Crippen molar-refractivity contribution in [2.45, 2.75) is 51.2 Å². The summed E-state index contributed by atoms with van der Waals surface area (Å²) in [7, 11) is 0. The molecular weight excluding hydrogens is 434 g/mol. The monoisotopic (exact) mass is 465 g/mol. The molecule has 0 bridgehead atoms. The van der Waals surface area contributed by atoms with Crippen molar-refractivity contribution >= 4 is 29.6 Å². The molecule has 0 saturated carbocycles. The molecule has 1 aromatic rings. The van der Waals surface area contributed by atoms with E-state index in [1.807, 2.05) is 13.8 Å². The van der Waals surface area contributed by atoms with E-state index in [0.29, 0.717) is 5.56 Å². The fourth-order valence-corrected chi connectivity index (χ4v) is 2.98. The Labute approximate surface area is 191 Å². The van der Waals surface area contributed by atoms with Gasteiger partial charge in [0.1, 0.15) is 23.9 Å². The molecule has 0 aliphatic carbocycles. The zero-order chi connectivity index (χ0) is 25.1. The molecule has 3 atom stereocenters. The van der Waals surface area contributed by atoms with E-state index < -0.39 is 54.1 Å². The summed E-state index contributed by atoms with van der Waals surface area (Å²) in [4.78, 5) is 60.1. The van der Waals surface area contributed by atoms with Gasteiger partial charge in [-0.2, -0.15) is 0 Å². The summed E-state index contributed by atoms with van der Waals surface area (Å²) in [6, 6.07) is 2.03. The SMILES string of the molecule is CC(C)CC(NC(=O)CN)C(=O)NC(Cc1ccc(O)cc1)C(=O)NC(CC(N)=O)C(=O)O. The summed E-state index contributed by atoms with van der Waals surface area (Å²) in [5, 5.41) is 26.0. The molecule has 182 valence electrons. The van der Waals surface area contributed by atoms with Crippen LogP contribution in [0.2, 0.25) is 0 Å². The van der Waals surface area contributed by atoms with Crippen LogP contribution in [0.3, 0.4) is 0 Å². The Hall–Kier alpha value is -3.67. The third-order valence-electron chi connectivity index (χ3n) is 4.57. The van der Waals surface area contributed by atoms with E-state index in [9.17, 15) is 34.2 Å². The summed E-state index contributed by atoms with van der Waals surface area (Å²) in [6.07, 6.45) is -0.423. The van der Waals surface area contributed by atoms with Gasteiger partial charge in [-0.3, -0.25) is 19.2 Å². The number of amides is 4. The van der Waals surface area contributed by atoms with Gasteiger partial charge in [0.25, 0.3) is 0 Å². The molecule has 0 aliphatic heterocycles. The number of hydrogen-bond donors (Lipinski definition) is 7. The maximum atomic E-state index is 12.9. The molecule has 0 radical (unpaired) electrons. The van der Waals surface area contributed by atoms with Crippen molar-refractivity contribution in [3.05, 3.63) is 29.8 Å². The number of carboxylic acid groups (broad SMARTS) is 1. The Kier molecular flexibility index (Phi) is 10.8. The third kappa shape index (κ3) is 9.99. The summed E-state index contributed by atoms with van der Waals surface area (Å²) in [5.41, 5.74) is 10.9. The largest absolute Gasteiger partial charge is 0.508 e. The van der Waals surface area contributed by atoms with E-state index in [1.54, 1.807) is 0 Å². The lowest BCUT2D eigenvalue weighted by molar-refractivity contribution is -0.143. The van der Waals surface area contributed by atoms with Crippen LogP contribution < -0.4 is 27.4 Å². The van der Waals surface area contributed by atoms with Crippen molar-refractivity contribution in [2.24, 2.45) is 17.4 Å². The highest BCUT2D eigenvalue weighted by molar-refractivity contribution is 5.94. The molecule has 0 aliphatic rings. The Balaban J connectivity index is 3.13. The lowest BCUT2D eigenvalue weighted by Gasteiger charge is -2.25. The number of nitrogens with two attached hydrogens (primary N) is 2. The quantitative estimate of drug-likeness (QED) is 0.179. The van der Waals surface area contributed by atoms with Crippen LogP contribution in [0.4, 0.5) is 0 Å². The van der Waals surface area contributed by atoms with Crippen LogP contribution in [0.1, 0.15) is 32.3 Å². The molecule has 12 nitrogen and oxygen atoms in total. The minimum atomic E-state index is -1.59. The van der Waals surface area contributed by atoms with Crippen LogP contribution >= 0.6 is 0 Å². The van der Waals surface area contributed by atoms with Gasteiger partial charge in [0.2, 0.25) is 23.6 Å². The number of nitrogens with one attached hydrogen (secondary N) is 3. The number of primary amides is 1. The number of carboxylic acids is 1. The van der Waals surface area contributed by atoms with E-state index in [0.717, 1.165) is 0 Å².